The van der Waals surface area contributed by atoms with Gasteiger partial charge in [0.1, 0.15) is 23.3 Å². The molecule has 136 valence electrons. The van der Waals surface area contributed by atoms with Crippen molar-refractivity contribution in [3.8, 4) is 0 Å². The van der Waals surface area contributed by atoms with Crippen LogP contribution in [0.3, 0.4) is 0 Å². The third-order valence-corrected chi connectivity index (χ3v) is 4.18. The van der Waals surface area contributed by atoms with Gasteiger partial charge in [0.15, 0.2) is 0 Å². The molecule has 26 heavy (non-hydrogen) atoms. The van der Waals surface area contributed by atoms with Crippen molar-refractivity contribution in [2.45, 2.75) is 6.10 Å². The lowest BCUT2D eigenvalue weighted by Crippen LogP contribution is -2.46. The van der Waals surface area contributed by atoms with Gasteiger partial charge in [0, 0.05) is 6.54 Å². The normalized spacial score (nSPS) is 17.0. The van der Waals surface area contributed by atoms with Crippen LogP contribution < -0.4 is 5.32 Å². The molecular weight excluding hydrogens is 342 g/mol. The Labute approximate surface area is 149 Å². The fraction of sp³-hybridized carbons (Fsp3) is 0.263. The molecule has 0 spiro atoms. The summed E-state index contributed by atoms with van der Waals surface area (Å²) in [5.41, 5.74) is 0.270. The number of nitrogens with one attached hydrogen (secondary N) is 1. The fourth-order valence-corrected chi connectivity index (χ4v) is 2.82. The predicted octanol–water partition coefficient (Wildman–Crippen LogP) is 2.29. The second kappa shape index (κ2) is 8.05. The third kappa shape index (κ3) is 4.05. The molecule has 0 aromatic heterocycles. The van der Waals surface area contributed by atoms with Gasteiger partial charge in [-0.25, -0.2) is 8.78 Å². The maximum Gasteiger partial charge on any atom is 0.257 e. The first-order valence-electron chi connectivity index (χ1n) is 8.23. The Kier molecular flexibility index (Phi) is 5.58. The molecule has 1 atom stereocenters. The van der Waals surface area contributed by atoms with Crippen molar-refractivity contribution in [1.82, 2.24) is 10.2 Å². The van der Waals surface area contributed by atoms with Crippen LogP contribution in [-0.4, -0.2) is 43.0 Å². The molecular formula is C19H18F2N2O3. The number of hydrogen-bond donors (Lipinski definition) is 1. The summed E-state index contributed by atoms with van der Waals surface area (Å²) in [6.07, 6.45) is -0.242. The molecule has 1 N–H and O–H groups in total. The van der Waals surface area contributed by atoms with Crippen molar-refractivity contribution >= 4 is 11.8 Å². The molecule has 0 aliphatic carbocycles. The van der Waals surface area contributed by atoms with Crippen molar-refractivity contribution in [3.05, 3.63) is 71.3 Å². The van der Waals surface area contributed by atoms with Gasteiger partial charge < -0.3 is 15.0 Å². The number of benzene rings is 2. The van der Waals surface area contributed by atoms with Crippen molar-refractivity contribution in [1.29, 1.82) is 0 Å². The largest absolute Gasteiger partial charge is 0.370 e. The number of ether oxygens (including phenoxy) is 1. The number of morpholine rings is 1. The van der Waals surface area contributed by atoms with Crippen LogP contribution in [-0.2, 0) is 9.53 Å². The van der Waals surface area contributed by atoms with E-state index in [-0.39, 0.29) is 18.6 Å². The molecule has 7 heteroatoms. The smallest absolute Gasteiger partial charge is 0.257 e. The molecule has 2 aromatic carbocycles. The lowest BCUT2D eigenvalue weighted by atomic mass is 10.1. The van der Waals surface area contributed by atoms with Crippen LogP contribution in [0.1, 0.15) is 22.0 Å². The quantitative estimate of drug-likeness (QED) is 0.910. The monoisotopic (exact) mass is 360 g/mol. The van der Waals surface area contributed by atoms with Crippen molar-refractivity contribution < 1.29 is 23.1 Å². The van der Waals surface area contributed by atoms with Gasteiger partial charge in [-0.05, 0) is 17.7 Å². The Balaban J connectivity index is 1.59. The summed E-state index contributed by atoms with van der Waals surface area (Å²) >= 11 is 0. The van der Waals surface area contributed by atoms with Gasteiger partial charge in [-0.3, -0.25) is 9.59 Å². The first-order valence-corrected chi connectivity index (χ1v) is 8.23. The van der Waals surface area contributed by atoms with Gasteiger partial charge in [-0.2, -0.15) is 0 Å². The van der Waals surface area contributed by atoms with Gasteiger partial charge in [0.2, 0.25) is 5.91 Å². The van der Waals surface area contributed by atoms with E-state index in [1.807, 2.05) is 30.3 Å². The summed E-state index contributed by atoms with van der Waals surface area (Å²) in [6.45, 7) is 0.786. The maximum absolute atomic E-state index is 13.6. The molecule has 2 aromatic rings. The van der Waals surface area contributed by atoms with E-state index in [9.17, 15) is 18.4 Å². The number of nitrogens with zero attached hydrogens (tertiary/aromatic N) is 1. The van der Waals surface area contributed by atoms with E-state index in [0.717, 1.165) is 17.7 Å². The van der Waals surface area contributed by atoms with E-state index in [1.165, 1.54) is 6.07 Å². The van der Waals surface area contributed by atoms with Gasteiger partial charge in [0.25, 0.3) is 5.91 Å². The summed E-state index contributed by atoms with van der Waals surface area (Å²) in [7, 11) is 0. The summed E-state index contributed by atoms with van der Waals surface area (Å²) in [4.78, 5) is 25.9. The van der Waals surface area contributed by atoms with Crippen LogP contribution in [0.25, 0.3) is 0 Å². The lowest BCUT2D eigenvalue weighted by Gasteiger charge is -2.33. The predicted molar refractivity (Wildman–Crippen MR) is 90.4 cm³/mol. The second-order valence-corrected chi connectivity index (χ2v) is 5.89. The molecule has 0 unspecified atom stereocenters. The Morgan fingerprint density at radius 3 is 2.46 bits per heavy atom. The molecule has 2 amide bonds. The molecule has 1 saturated heterocycles. The summed E-state index contributed by atoms with van der Waals surface area (Å²) in [5, 5.41) is 2.28. The highest BCUT2D eigenvalue weighted by atomic mass is 19.1. The van der Waals surface area contributed by atoms with Crippen LogP contribution in [0.15, 0.2) is 48.5 Å². The molecule has 1 aliphatic rings. The van der Waals surface area contributed by atoms with E-state index < -0.39 is 23.1 Å². The zero-order valence-corrected chi connectivity index (χ0v) is 14.0. The average molecular weight is 360 g/mol. The standard InChI is InChI=1S/C19H18F2N2O3/c20-14-7-4-8-15(21)18(14)19(25)22-11-17(24)23-9-10-26-16(12-23)13-5-2-1-3-6-13/h1-8,16H,9-12H2,(H,22,25)/t16-/m1/s1. The molecule has 0 radical (unpaired) electrons. The summed E-state index contributed by atoms with van der Waals surface area (Å²) in [5.74, 6) is -3.22. The number of carbonyl (C=O) groups excluding carboxylic acids is 2. The summed E-state index contributed by atoms with van der Waals surface area (Å²) < 4.78 is 32.9. The van der Waals surface area contributed by atoms with Gasteiger partial charge in [-0.1, -0.05) is 36.4 Å². The van der Waals surface area contributed by atoms with Crippen LogP contribution in [0, 0.1) is 11.6 Å². The number of carbonyl (C=O) groups is 2. The van der Waals surface area contributed by atoms with E-state index >= 15 is 0 Å². The number of amides is 2. The van der Waals surface area contributed by atoms with Crippen LogP contribution >= 0.6 is 0 Å². The topological polar surface area (TPSA) is 58.6 Å². The van der Waals surface area contributed by atoms with Gasteiger partial charge in [-0.15, -0.1) is 0 Å². The van der Waals surface area contributed by atoms with Crippen molar-refractivity contribution in [2.75, 3.05) is 26.2 Å². The van der Waals surface area contributed by atoms with E-state index in [0.29, 0.717) is 19.7 Å². The Morgan fingerprint density at radius 2 is 1.77 bits per heavy atom. The third-order valence-electron chi connectivity index (χ3n) is 4.18. The zero-order chi connectivity index (χ0) is 18.5. The zero-order valence-electron chi connectivity index (χ0n) is 14.0. The number of rotatable bonds is 4. The average Bonchev–Trinajstić information content (AvgIpc) is 2.67. The molecule has 1 aliphatic heterocycles. The van der Waals surface area contributed by atoms with E-state index in [1.54, 1.807) is 4.90 Å². The highest BCUT2D eigenvalue weighted by Crippen LogP contribution is 2.21. The number of halogens is 2. The number of hydrogen-bond acceptors (Lipinski definition) is 3. The lowest BCUT2D eigenvalue weighted by molar-refractivity contribution is -0.137. The van der Waals surface area contributed by atoms with Crippen LogP contribution in [0.5, 0.6) is 0 Å². The minimum absolute atomic E-state index is 0.242. The van der Waals surface area contributed by atoms with E-state index in [2.05, 4.69) is 5.32 Å². The maximum atomic E-state index is 13.6. The molecule has 0 saturated carbocycles. The highest BCUT2D eigenvalue weighted by Gasteiger charge is 2.26. The summed E-state index contributed by atoms with van der Waals surface area (Å²) in [6, 6.07) is 12.7. The van der Waals surface area contributed by atoms with E-state index in [4.69, 9.17) is 4.74 Å². The Bertz CT molecular complexity index is 778. The molecule has 5 nitrogen and oxygen atoms in total. The molecule has 0 bridgehead atoms. The second-order valence-electron chi connectivity index (χ2n) is 5.89. The Hall–Kier alpha value is -2.80. The fourth-order valence-electron chi connectivity index (χ4n) is 2.82. The molecule has 1 heterocycles. The minimum atomic E-state index is -0.967. The first-order chi connectivity index (χ1) is 12.6. The van der Waals surface area contributed by atoms with Crippen molar-refractivity contribution in [2.24, 2.45) is 0 Å². The molecule has 3 rings (SSSR count). The van der Waals surface area contributed by atoms with Crippen LogP contribution in [0.2, 0.25) is 0 Å². The van der Waals surface area contributed by atoms with Crippen LogP contribution in [0.4, 0.5) is 8.78 Å². The highest BCUT2D eigenvalue weighted by molar-refractivity contribution is 5.96. The van der Waals surface area contributed by atoms with Gasteiger partial charge in [0.05, 0.1) is 19.7 Å². The minimum Gasteiger partial charge on any atom is -0.370 e. The van der Waals surface area contributed by atoms with Gasteiger partial charge >= 0.3 is 0 Å². The molecule has 1 fully saturated rings. The Morgan fingerprint density at radius 1 is 1.08 bits per heavy atom. The first kappa shape index (κ1) is 18.0. The van der Waals surface area contributed by atoms with Crippen molar-refractivity contribution in [3.63, 3.8) is 0 Å². The SMILES string of the molecule is O=C(NCC(=O)N1CCO[C@@H](c2ccccc2)C1)c1c(F)cccc1F.